The first-order valence-electron chi connectivity index (χ1n) is 9.52. The highest BCUT2D eigenvalue weighted by Gasteiger charge is 2.18. The first-order valence-corrected chi connectivity index (χ1v) is 11.4. The number of rotatable bonds is 6. The predicted molar refractivity (Wildman–Crippen MR) is 124 cm³/mol. The minimum atomic E-state index is -3.80. The zero-order valence-electron chi connectivity index (χ0n) is 17.3. The Hall–Kier alpha value is -3.33. The number of primary sulfonamides is 1. The van der Waals surface area contributed by atoms with Crippen molar-refractivity contribution in [1.82, 2.24) is 9.78 Å². The summed E-state index contributed by atoms with van der Waals surface area (Å²) in [5.41, 5.74) is 3.79. The second-order valence-corrected chi connectivity index (χ2v) is 8.94. The smallest absolute Gasteiger partial charge is 0.238 e. The first kappa shape index (κ1) is 21.9. The van der Waals surface area contributed by atoms with Gasteiger partial charge in [0.1, 0.15) is 11.5 Å². The number of aromatic nitrogens is 2. The number of nitrogens with two attached hydrogens (primary N) is 1. The molecule has 0 spiro atoms. The summed E-state index contributed by atoms with van der Waals surface area (Å²) in [5, 5.41) is 10.6. The van der Waals surface area contributed by atoms with Gasteiger partial charge in [0.25, 0.3) is 0 Å². The zero-order chi connectivity index (χ0) is 22.9. The van der Waals surface area contributed by atoms with E-state index in [0.29, 0.717) is 27.9 Å². The summed E-state index contributed by atoms with van der Waals surface area (Å²) in [5.74, 6) is 1.27. The molecule has 4 rings (SSSR count). The van der Waals surface area contributed by atoms with Gasteiger partial charge in [-0.3, -0.25) is 0 Å². The van der Waals surface area contributed by atoms with Crippen LogP contribution in [0.1, 0.15) is 0 Å². The van der Waals surface area contributed by atoms with Crippen molar-refractivity contribution in [2.45, 2.75) is 4.90 Å². The molecule has 0 aliphatic rings. The molecule has 0 atom stereocenters. The van der Waals surface area contributed by atoms with E-state index in [1.807, 2.05) is 30.3 Å². The summed E-state index contributed by atoms with van der Waals surface area (Å²) >= 11 is 6.03. The average molecular weight is 470 g/mol. The van der Waals surface area contributed by atoms with E-state index in [2.05, 4.69) is 0 Å². The normalized spacial score (nSPS) is 11.4. The number of methoxy groups -OCH3 is 2. The van der Waals surface area contributed by atoms with Crippen LogP contribution in [0.3, 0.4) is 0 Å². The van der Waals surface area contributed by atoms with Crippen LogP contribution in [-0.2, 0) is 10.0 Å². The minimum absolute atomic E-state index is 0.0231. The van der Waals surface area contributed by atoms with Crippen molar-refractivity contribution in [1.29, 1.82) is 0 Å². The third-order valence-electron chi connectivity index (χ3n) is 4.94. The van der Waals surface area contributed by atoms with Crippen LogP contribution in [0, 0.1) is 0 Å². The SMILES string of the molecule is COc1ccc(-c2cc(-c3ccc(Cl)cc3)nn2-c2ccc(S(N)(=O)=O)cc2)c(OC)c1. The van der Waals surface area contributed by atoms with E-state index in [0.717, 1.165) is 16.8 Å². The molecule has 0 aliphatic heterocycles. The number of sulfonamides is 1. The maximum absolute atomic E-state index is 11.6. The standard InChI is InChI=1S/C23H20ClN3O4S/c1-30-18-9-12-20(23(13-18)31-2)22-14-21(15-3-5-16(24)6-4-15)26-27(22)17-7-10-19(11-8-17)32(25,28)29/h3-14H,1-2H3,(H2,25,28,29). The molecule has 0 saturated carbocycles. The lowest BCUT2D eigenvalue weighted by atomic mass is 10.1. The highest BCUT2D eigenvalue weighted by molar-refractivity contribution is 7.89. The van der Waals surface area contributed by atoms with Crippen molar-refractivity contribution in [3.05, 3.63) is 77.8 Å². The van der Waals surface area contributed by atoms with Gasteiger partial charge in [0, 0.05) is 22.2 Å². The summed E-state index contributed by atoms with van der Waals surface area (Å²) in [4.78, 5) is 0.0231. The lowest BCUT2D eigenvalue weighted by Crippen LogP contribution is -2.12. The number of halogens is 1. The molecular weight excluding hydrogens is 450 g/mol. The second kappa shape index (κ2) is 8.66. The monoisotopic (exact) mass is 469 g/mol. The van der Waals surface area contributed by atoms with Crippen LogP contribution in [0.25, 0.3) is 28.2 Å². The van der Waals surface area contributed by atoms with E-state index in [9.17, 15) is 8.42 Å². The summed E-state index contributed by atoms with van der Waals surface area (Å²) in [6.07, 6.45) is 0. The molecule has 0 saturated heterocycles. The second-order valence-electron chi connectivity index (χ2n) is 6.94. The molecule has 32 heavy (non-hydrogen) atoms. The Kier molecular flexibility index (Phi) is 5.92. The quantitative estimate of drug-likeness (QED) is 0.447. The van der Waals surface area contributed by atoms with Crippen molar-refractivity contribution in [2.24, 2.45) is 5.14 Å². The maximum Gasteiger partial charge on any atom is 0.238 e. The van der Waals surface area contributed by atoms with E-state index in [1.165, 1.54) is 12.1 Å². The highest BCUT2D eigenvalue weighted by atomic mass is 35.5. The van der Waals surface area contributed by atoms with Crippen LogP contribution in [0.15, 0.2) is 77.7 Å². The van der Waals surface area contributed by atoms with Gasteiger partial charge in [0.15, 0.2) is 0 Å². The van der Waals surface area contributed by atoms with Crippen LogP contribution >= 0.6 is 11.6 Å². The minimum Gasteiger partial charge on any atom is -0.497 e. The van der Waals surface area contributed by atoms with Gasteiger partial charge in [0.2, 0.25) is 10.0 Å². The highest BCUT2D eigenvalue weighted by Crippen LogP contribution is 2.36. The Labute approximate surface area is 191 Å². The first-order chi connectivity index (χ1) is 15.3. The number of nitrogens with zero attached hydrogens (tertiary/aromatic N) is 2. The molecule has 0 amide bonds. The lowest BCUT2D eigenvalue weighted by molar-refractivity contribution is 0.395. The Morgan fingerprint density at radius 2 is 1.59 bits per heavy atom. The molecule has 0 bridgehead atoms. The van der Waals surface area contributed by atoms with Crippen molar-refractivity contribution >= 4 is 21.6 Å². The number of hydrogen-bond acceptors (Lipinski definition) is 5. The molecule has 0 fully saturated rings. The molecule has 9 heteroatoms. The molecule has 2 N–H and O–H groups in total. The number of ether oxygens (including phenoxy) is 2. The Morgan fingerprint density at radius 3 is 2.19 bits per heavy atom. The fraction of sp³-hybridized carbons (Fsp3) is 0.0870. The van der Waals surface area contributed by atoms with Crippen LogP contribution in [0.5, 0.6) is 11.5 Å². The van der Waals surface area contributed by atoms with Crippen molar-refractivity contribution in [3.63, 3.8) is 0 Å². The Balaban J connectivity index is 1.91. The molecule has 0 radical (unpaired) electrons. The molecule has 4 aromatic rings. The van der Waals surface area contributed by atoms with Gasteiger partial charge in [-0.05, 0) is 54.6 Å². The molecule has 1 aromatic heterocycles. The number of hydrogen-bond donors (Lipinski definition) is 1. The summed E-state index contributed by atoms with van der Waals surface area (Å²) in [6.45, 7) is 0. The van der Waals surface area contributed by atoms with Crippen LogP contribution in [0.4, 0.5) is 0 Å². The fourth-order valence-electron chi connectivity index (χ4n) is 3.32. The molecule has 0 aliphatic carbocycles. The molecular formula is C23H20ClN3O4S. The predicted octanol–water partition coefficient (Wildman–Crippen LogP) is 4.52. The van der Waals surface area contributed by atoms with E-state index >= 15 is 0 Å². The van der Waals surface area contributed by atoms with Gasteiger partial charge in [0.05, 0.1) is 36.2 Å². The third-order valence-corrected chi connectivity index (χ3v) is 6.13. The van der Waals surface area contributed by atoms with Crippen molar-refractivity contribution in [3.8, 4) is 39.7 Å². The van der Waals surface area contributed by atoms with Crippen LogP contribution < -0.4 is 14.6 Å². The van der Waals surface area contributed by atoms with E-state index in [-0.39, 0.29) is 4.90 Å². The van der Waals surface area contributed by atoms with Crippen molar-refractivity contribution < 1.29 is 17.9 Å². The van der Waals surface area contributed by atoms with Crippen molar-refractivity contribution in [2.75, 3.05) is 14.2 Å². The third kappa shape index (κ3) is 4.34. The van der Waals surface area contributed by atoms with Gasteiger partial charge in [-0.25, -0.2) is 18.2 Å². The molecule has 1 heterocycles. The lowest BCUT2D eigenvalue weighted by Gasteiger charge is -2.12. The fourth-order valence-corrected chi connectivity index (χ4v) is 3.96. The van der Waals surface area contributed by atoms with Gasteiger partial charge in [-0.2, -0.15) is 5.10 Å². The van der Waals surface area contributed by atoms with E-state index < -0.39 is 10.0 Å². The maximum atomic E-state index is 11.6. The molecule has 7 nitrogen and oxygen atoms in total. The number of benzene rings is 3. The Bertz CT molecular complexity index is 1370. The van der Waals surface area contributed by atoms with Gasteiger partial charge >= 0.3 is 0 Å². The average Bonchev–Trinajstić information content (AvgIpc) is 3.23. The molecule has 164 valence electrons. The summed E-state index contributed by atoms with van der Waals surface area (Å²) < 4.78 is 35.9. The summed E-state index contributed by atoms with van der Waals surface area (Å²) in [7, 11) is -0.629. The summed E-state index contributed by atoms with van der Waals surface area (Å²) in [6, 6.07) is 21.0. The molecule has 3 aromatic carbocycles. The Morgan fingerprint density at radius 1 is 0.906 bits per heavy atom. The van der Waals surface area contributed by atoms with Crippen LogP contribution in [-0.4, -0.2) is 32.4 Å². The van der Waals surface area contributed by atoms with Gasteiger partial charge < -0.3 is 9.47 Å². The topological polar surface area (TPSA) is 96.4 Å². The van der Waals surface area contributed by atoms with Crippen LogP contribution in [0.2, 0.25) is 5.02 Å². The zero-order valence-corrected chi connectivity index (χ0v) is 18.9. The molecule has 0 unspecified atom stereocenters. The largest absolute Gasteiger partial charge is 0.497 e. The van der Waals surface area contributed by atoms with Gasteiger partial charge in [-0.1, -0.05) is 23.7 Å². The van der Waals surface area contributed by atoms with E-state index in [4.69, 9.17) is 31.3 Å². The van der Waals surface area contributed by atoms with Gasteiger partial charge in [-0.15, -0.1) is 0 Å². The van der Waals surface area contributed by atoms with E-state index in [1.54, 1.807) is 49.2 Å².